The van der Waals surface area contributed by atoms with Gasteiger partial charge in [0.15, 0.2) is 0 Å². The Balaban J connectivity index is 2.66. The molecule has 0 spiro atoms. The Morgan fingerprint density at radius 3 is 2.45 bits per heavy atom. The van der Waals surface area contributed by atoms with E-state index in [1.54, 1.807) is 0 Å². The van der Waals surface area contributed by atoms with E-state index in [1.165, 1.54) is 0 Å². The molecule has 0 saturated carbocycles. The summed E-state index contributed by atoms with van der Waals surface area (Å²) in [5.41, 5.74) is 1.03. The van der Waals surface area contributed by atoms with Crippen LogP contribution in [-0.4, -0.2) is 12.3 Å². The van der Waals surface area contributed by atoms with Crippen molar-refractivity contribution in [3.8, 4) is 0 Å². The van der Waals surface area contributed by atoms with Gasteiger partial charge in [-0.25, -0.2) is 5.26 Å². The minimum atomic E-state index is 0.867. The lowest BCUT2D eigenvalue weighted by atomic mass is 10.3. The quantitative estimate of drug-likeness (QED) is 0.415. The highest BCUT2D eigenvalue weighted by Gasteiger charge is 1.92. The van der Waals surface area contributed by atoms with E-state index >= 15 is 0 Å². The Labute approximate surface area is 69.5 Å². The molecule has 0 atom stereocenters. The molecule has 0 radical (unpaired) electrons. The van der Waals surface area contributed by atoms with Gasteiger partial charge in [0.05, 0.1) is 12.0 Å². The van der Waals surface area contributed by atoms with Gasteiger partial charge in [-0.05, 0) is 24.3 Å². The number of rotatable bonds is 3. The largest absolute Gasteiger partial charge is 0.388 e. The predicted molar refractivity (Wildman–Crippen MR) is 45.6 cm³/mol. The molecule has 11 heavy (non-hydrogen) atoms. The Morgan fingerprint density at radius 2 is 2.00 bits per heavy atom. The van der Waals surface area contributed by atoms with Gasteiger partial charge < -0.3 is 5.32 Å². The monoisotopic (exact) mass is 171 g/mol. The maximum absolute atomic E-state index is 8.09. The van der Waals surface area contributed by atoms with Gasteiger partial charge in [0.2, 0.25) is 0 Å². The fourth-order valence-electron chi connectivity index (χ4n) is 0.720. The van der Waals surface area contributed by atoms with E-state index in [9.17, 15) is 0 Å². The minimum Gasteiger partial charge on any atom is -0.388 e. The van der Waals surface area contributed by atoms with Crippen molar-refractivity contribution in [3.63, 3.8) is 0 Å². The van der Waals surface area contributed by atoms with E-state index in [0.717, 1.165) is 22.6 Å². The molecule has 60 valence electrons. The fourth-order valence-corrected chi connectivity index (χ4v) is 1.05. The fraction of sp³-hybridized carbons (Fsp3) is 0.143. The molecule has 0 heterocycles. The highest BCUT2D eigenvalue weighted by atomic mass is 32.2. The highest BCUT2D eigenvalue weighted by Crippen LogP contribution is 2.19. The maximum Gasteiger partial charge on any atom is 0.0679 e. The number of anilines is 1. The molecule has 0 saturated heterocycles. The second-order valence-corrected chi connectivity index (χ2v) is 2.72. The summed E-state index contributed by atoms with van der Waals surface area (Å²) in [6.45, 7) is 0. The zero-order valence-corrected chi connectivity index (χ0v) is 6.89. The van der Waals surface area contributed by atoms with Crippen molar-refractivity contribution in [2.45, 2.75) is 4.90 Å². The predicted octanol–water partition coefficient (Wildman–Crippen LogP) is 2.22. The number of hydrogen-bond acceptors (Lipinski definition) is 4. The Hall–Kier alpha value is -0.710. The van der Waals surface area contributed by atoms with Gasteiger partial charge in [0.1, 0.15) is 0 Å². The zero-order chi connectivity index (χ0) is 8.10. The van der Waals surface area contributed by atoms with Crippen LogP contribution in [0.2, 0.25) is 0 Å². The third-order valence-corrected chi connectivity index (χ3v) is 1.82. The van der Waals surface area contributed by atoms with Gasteiger partial charge >= 0.3 is 0 Å². The molecular weight excluding hydrogens is 162 g/mol. The number of hydrogen-bond donors (Lipinski definition) is 2. The second-order valence-electron chi connectivity index (χ2n) is 1.93. The summed E-state index contributed by atoms with van der Waals surface area (Å²) in [7, 11) is 1.85. The SMILES string of the molecule is CNc1ccc(SOO)cc1. The lowest BCUT2D eigenvalue weighted by Crippen LogP contribution is -1.86. The molecule has 0 unspecified atom stereocenters. The zero-order valence-electron chi connectivity index (χ0n) is 6.07. The molecule has 0 bridgehead atoms. The standard InChI is InChI=1S/C7H9NO2S/c1-8-6-2-4-7(5-3-6)11-10-9/h2-5,8-9H,1H3. The summed E-state index contributed by atoms with van der Waals surface area (Å²) < 4.78 is 3.90. The second kappa shape index (κ2) is 4.23. The summed E-state index contributed by atoms with van der Waals surface area (Å²) in [6, 6.07) is 7.52. The molecule has 0 aliphatic carbocycles. The van der Waals surface area contributed by atoms with Crippen molar-refractivity contribution < 1.29 is 9.59 Å². The average molecular weight is 171 g/mol. The lowest BCUT2D eigenvalue weighted by molar-refractivity contribution is -0.116. The lowest BCUT2D eigenvalue weighted by Gasteiger charge is -1.99. The summed E-state index contributed by atoms with van der Waals surface area (Å²) in [6.07, 6.45) is 0. The van der Waals surface area contributed by atoms with Gasteiger partial charge in [-0.15, -0.1) is 0 Å². The molecule has 0 aliphatic rings. The van der Waals surface area contributed by atoms with Crippen LogP contribution in [0.4, 0.5) is 5.69 Å². The molecule has 1 aromatic carbocycles. The third kappa shape index (κ3) is 2.42. The Kier molecular flexibility index (Phi) is 3.22. The summed E-state index contributed by atoms with van der Waals surface area (Å²) in [5.74, 6) is 0. The van der Waals surface area contributed by atoms with E-state index in [-0.39, 0.29) is 0 Å². The van der Waals surface area contributed by atoms with Crippen LogP contribution in [0.5, 0.6) is 0 Å². The first-order valence-electron chi connectivity index (χ1n) is 3.12. The molecule has 2 N–H and O–H groups in total. The van der Waals surface area contributed by atoms with Crippen LogP contribution in [0.15, 0.2) is 29.2 Å². The highest BCUT2D eigenvalue weighted by molar-refractivity contribution is 7.94. The van der Waals surface area contributed by atoms with Crippen molar-refractivity contribution in [2.24, 2.45) is 0 Å². The molecular formula is C7H9NO2S. The van der Waals surface area contributed by atoms with Crippen molar-refractivity contribution in [2.75, 3.05) is 12.4 Å². The number of benzene rings is 1. The van der Waals surface area contributed by atoms with E-state index in [2.05, 4.69) is 9.65 Å². The normalized spacial score (nSPS) is 9.64. The molecule has 1 rings (SSSR count). The van der Waals surface area contributed by atoms with Crippen molar-refractivity contribution >= 4 is 17.7 Å². The first-order chi connectivity index (χ1) is 5.36. The van der Waals surface area contributed by atoms with Crippen LogP contribution in [0, 0.1) is 0 Å². The van der Waals surface area contributed by atoms with E-state index in [4.69, 9.17) is 5.26 Å². The molecule has 3 nitrogen and oxygen atoms in total. The van der Waals surface area contributed by atoms with Crippen molar-refractivity contribution in [1.82, 2.24) is 0 Å². The van der Waals surface area contributed by atoms with Crippen LogP contribution in [0.25, 0.3) is 0 Å². The number of nitrogens with one attached hydrogen (secondary N) is 1. The Morgan fingerprint density at radius 1 is 1.36 bits per heavy atom. The average Bonchev–Trinajstić information content (AvgIpc) is 2.07. The van der Waals surface area contributed by atoms with Crippen molar-refractivity contribution in [3.05, 3.63) is 24.3 Å². The van der Waals surface area contributed by atoms with E-state index in [0.29, 0.717) is 0 Å². The maximum atomic E-state index is 8.09. The molecule has 0 fully saturated rings. The summed E-state index contributed by atoms with van der Waals surface area (Å²) in [4.78, 5) is 0.867. The van der Waals surface area contributed by atoms with E-state index < -0.39 is 0 Å². The molecule has 1 aromatic rings. The minimum absolute atomic E-state index is 0.867. The van der Waals surface area contributed by atoms with Crippen LogP contribution >= 0.6 is 12.0 Å². The molecule has 4 heteroatoms. The van der Waals surface area contributed by atoms with Crippen molar-refractivity contribution in [1.29, 1.82) is 0 Å². The van der Waals surface area contributed by atoms with Gasteiger partial charge in [-0.3, -0.25) is 0 Å². The van der Waals surface area contributed by atoms with E-state index in [1.807, 2.05) is 31.3 Å². The van der Waals surface area contributed by atoms with Gasteiger partial charge in [0.25, 0.3) is 0 Å². The topological polar surface area (TPSA) is 41.5 Å². The third-order valence-electron chi connectivity index (χ3n) is 1.28. The van der Waals surface area contributed by atoms with Gasteiger partial charge in [0, 0.05) is 17.6 Å². The molecule has 0 aliphatic heterocycles. The smallest absolute Gasteiger partial charge is 0.0679 e. The van der Waals surface area contributed by atoms with Crippen LogP contribution in [0.1, 0.15) is 0 Å². The van der Waals surface area contributed by atoms with Crippen LogP contribution in [0.3, 0.4) is 0 Å². The first kappa shape index (κ1) is 8.39. The van der Waals surface area contributed by atoms with Crippen LogP contribution < -0.4 is 5.32 Å². The first-order valence-corrected chi connectivity index (χ1v) is 3.87. The molecule has 0 aromatic heterocycles. The van der Waals surface area contributed by atoms with Gasteiger partial charge in [-0.1, -0.05) is 0 Å². The van der Waals surface area contributed by atoms with Gasteiger partial charge in [-0.2, -0.15) is 4.33 Å². The van der Waals surface area contributed by atoms with Crippen LogP contribution in [-0.2, 0) is 4.33 Å². The summed E-state index contributed by atoms with van der Waals surface area (Å²) in [5, 5.41) is 11.1. The summed E-state index contributed by atoms with van der Waals surface area (Å²) >= 11 is 0.922. The Bertz CT molecular complexity index is 212. The molecule has 0 amide bonds.